The fourth-order valence-electron chi connectivity index (χ4n) is 2.14. The van der Waals surface area contributed by atoms with Crippen LogP contribution < -0.4 is 10.6 Å². The van der Waals surface area contributed by atoms with Crippen molar-refractivity contribution in [2.45, 2.75) is 0 Å². The lowest BCUT2D eigenvalue weighted by Gasteiger charge is -2.11. The largest absolute Gasteiger partial charge is 0.366 e. The van der Waals surface area contributed by atoms with Gasteiger partial charge in [0.2, 0.25) is 5.95 Å². The minimum Gasteiger partial charge on any atom is -0.366 e. The first-order valence-electron chi connectivity index (χ1n) is 7.01. The minimum absolute atomic E-state index is 0.0424. The van der Waals surface area contributed by atoms with Gasteiger partial charge in [-0.1, -0.05) is 29.8 Å². The fraction of sp³-hybridized carbons (Fsp3) is 0.0588. The molecule has 0 saturated heterocycles. The summed E-state index contributed by atoms with van der Waals surface area (Å²) >= 11 is 5.80. The molecule has 3 aromatic rings. The predicted octanol–water partition coefficient (Wildman–Crippen LogP) is 4.76. The van der Waals surface area contributed by atoms with Gasteiger partial charge in [0.15, 0.2) is 0 Å². The summed E-state index contributed by atoms with van der Waals surface area (Å²) in [5.74, 6) is 0.633. The topological polar surface area (TPSA) is 49.8 Å². The smallest absolute Gasteiger partial charge is 0.229 e. The molecule has 6 heteroatoms. The number of fused-ring (bicyclic) bond motifs is 1. The summed E-state index contributed by atoms with van der Waals surface area (Å²) in [7, 11) is 0. The molecule has 0 saturated carbocycles. The average Bonchev–Trinajstić information content (AvgIpc) is 2.56. The van der Waals surface area contributed by atoms with Crippen molar-refractivity contribution in [3.8, 4) is 0 Å². The first-order valence-corrected chi connectivity index (χ1v) is 7.39. The molecule has 0 fully saturated rings. The summed E-state index contributed by atoms with van der Waals surface area (Å²) < 4.78 is 13.2. The van der Waals surface area contributed by atoms with Crippen LogP contribution in [0, 0.1) is 5.82 Å². The maximum Gasteiger partial charge on any atom is 0.229 e. The molecule has 2 aromatic carbocycles. The van der Waals surface area contributed by atoms with E-state index in [1.165, 1.54) is 12.1 Å². The molecule has 23 heavy (non-hydrogen) atoms. The van der Waals surface area contributed by atoms with Crippen molar-refractivity contribution < 1.29 is 4.39 Å². The molecule has 0 aliphatic heterocycles. The second kappa shape index (κ2) is 6.62. The highest BCUT2D eigenvalue weighted by Gasteiger charge is 2.08. The molecule has 116 valence electrons. The molecule has 0 unspecified atom stereocenters. The summed E-state index contributed by atoms with van der Waals surface area (Å²) in [6, 6.07) is 12.0. The summed E-state index contributed by atoms with van der Waals surface area (Å²) in [4.78, 5) is 8.93. The van der Waals surface area contributed by atoms with Crippen molar-refractivity contribution in [2.24, 2.45) is 0 Å². The molecular formula is C17H14ClFN4. The van der Waals surface area contributed by atoms with Gasteiger partial charge >= 0.3 is 0 Å². The summed E-state index contributed by atoms with van der Waals surface area (Å²) in [6.45, 7) is 4.28. The van der Waals surface area contributed by atoms with E-state index in [1.807, 2.05) is 24.3 Å². The van der Waals surface area contributed by atoms with Crippen LogP contribution in [0.25, 0.3) is 10.9 Å². The van der Waals surface area contributed by atoms with Crippen LogP contribution >= 0.6 is 11.6 Å². The Morgan fingerprint density at radius 3 is 2.78 bits per heavy atom. The highest BCUT2D eigenvalue weighted by Crippen LogP contribution is 2.25. The van der Waals surface area contributed by atoms with Crippen molar-refractivity contribution in [2.75, 3.05) is 17.2 Å². The molecule has 0 spiro atoms. The van der Waals surface area contributed by atoms with E-state index < -0.39 is 5.82 Å². The molecule has 1 heterocycles. The number of anilines is 3. The number of hydrogen-bond donors (Lipinski definition) is 2. The number of halogens is 2. The van der Waals surface area contributed by atoms with Gasteiger partial charge in [-0.3, -0.25) is 0 Å². The third-order valence-corrected chi connectivity index (χ3v) is 3.48. The van der Waals surface area contributed by atoms with E-state index in [9.17, 15) is 4.39 Å². The van der Waals surface area contributed by atoms with Gasteiger partial charge in [0.1, 0.15) is 11.6 Å². The third kappa shape index (κ3) is 3.40. The molecule has 4 nitrogen and oxygen atoms in total. The molecule has 0 radical (unpaired) electrons. The number of rotatable bonds is 5. The van der Waals surface area contributed by atoms with E-state index >= 15 is 0 Å². The second-order valence-electron chi connectivity index (χ2n) is 4.84. The van der Waals surface area contributed by atoms with Crippen LogP contribution in [0.15, 0.2) is 55.1 Å². The van der Waals surface area contributed by atoms with Gasteiger partial charge < -0.3 is 10.6 Å². The van der Waals surface area contributed by atoms with Crippen LogP contribution in [0.5, 0.6) is 0 Å². The minimum atomic E-state index is -0.468. The van der Waals surface area contributed by atoms with Gasteiger partial charge in [-0.25, -0.2) is 9.37 Å². The predicted molar refractivity (Wildman–Crippen MR) is 92.9 cm³/mol. The van der Waals surface area contributed by atoms with Crippen LogP contribution in [-0.2, 0) is 0 Å². The van der Waals surface area contributed by atoms with Gasteiger partial charge in [-0.2, -0.15) is 4.98 Å². The lowest BCUT2D eigenvalue weighted by atomic mass is 10.2. The SMILES string of the molecule is C=CCNc1nc(Nc2ccc(F)c(Cl)c2)nc2ccccc12. The van der Waals surface area contributed by atoms with Crippen molar-refractivity contribution >= 4 is 40.0 Å². The zero-order chi connectivity index (χ0) is 16.2. The van der Waals surface area contributed by atoms with Gasteiger partial charge in [0, 0.05) is 17.6 Å². The first kappa shape index (κ1) is 15.2. The van der Waals surface area contributed by atoms with Crippen LogP contribution in [0.1, 0.15) is 0 Å². The van der Waals surface area contributed by atoms with Gasteiger partial charge in [-0.15, -0.1) is 6.58 Å². The normalized spacial score (nSPS) is 10.5. The first-order chi connectivity index (χ1) is 11.2. The lowest BCUT2D eigenvalue weighted by molar-refractivity contribution is 0.628. The summed E-state index contributed by atoms with van der Waals surface area (Å²) in [6.07, 6.45) is 1.75. The number of nitrogens with zero attached hydrogens (tertiary/aromatic N) is 2. The number of nitrogens with one attached hydrogen (secondary N) is 2. The zero-order valence-corrected chi connectivity index (χ0v) is 12.9. The van der Waals surface area contributed by atoms with Gasteiger partial charge in [0.25, 0.3) is 0 Å². The van der Waals surface area contributed by atoms with Crippen molar-refractivity contribution in [1.82, 2.24) is 9.97 Å². The van der Waals surface area contributed by atoms with Gasteiger partial charge in [-0.05, 0) is 30.3 Å². The highest BCUT2D eigenvalue weighted by molar-refractivity contribution is 6.31. The maximum atomic E-state index is 13.2. The van der Waals surface area contributed by atoms with E-state index in [2.05, 4.69) is 27.2 Å². The Morgan fingerprint density at radius 1 is 1.17 bits per heavy atom. The molecule has 2 N–H and O–H groups in total. The molecule has 0 atom stereocenters. The average molecular weight is 329 g/mol. The number of hydrogen-bond acceptors (Lipinski definition) is 4. The quantitative estimate of drug-likeness (QED) is 0.663. The lowest BCUT2D eigenvalue weighted by Crippen LogP contribution is -2.05. The molecule has 0 aliphatic carbocycles. The number of para-hydroxylation sites is 1. The van der Waals surface area contributed by atoms with E-state index in [4.69, 9.17) is 11.6 Å². The second-order valence-corrected chi connectivity index (χ2v) is 5.24. The molecule has 0 aliphatic rings. The monoisotopic (exact) mass is 328 g/mol. The van der Waals surface area contributed by atoms with Crippen LogP contribution in [0.4, 0.5) is 21.8 Å². The third-order valence-electron chi connectivity index (χ3n) is 3.19. The van der Waals surface area contributed by atoms with E-state index in [0.29, 0.717) is 24.0 Å². The summed E-state index contributed by atoms with van der Waals surface area (Å²) in [5.41, 5.74) is 1.41. The van der Waals surface area contributed by atoms with Crippen molar-refractivity contribution in [3.05, 3.63) is 66.0 Å². The fourth-order valence-corrected chi connectivity index (χ4v) is 2.32. The molecule has 0 amide bonds. The van der Waals surface area contributed by atoms with Crippen LogP contribution in [-0.4, -0.2) is 16.5 Å². The Balaban J connectivity index is 1.99. The molecular weight excluding hydrogens is 315 g/mol. The van der Waals surface area contributed by atoms with Crippen molar-refractivity contribution in [1.29, 1.82) is 0 Å². The number of benzene rings is 2. The van der Waals surface area contributed by atoms with E-state index in [0.717, 1.165) is 10.9 Å². The Bertz CT molecular complexity index is 866. The Morgan fingerprint density at radius 2 is 2.00 bits per heavy atom. The van der Waals surface area contributed by atoms with E-state index in [1.54, 1.807) is 12.1 Å². The van der Waals surface area contributed by atoms with E-state index in [-0.39, 0.29) is 5.02 Å². The molecule has 0 bridgehead atoms. The Labute approximate surface area is 138 Å². The van der Waals surface area contributed by atoms with Crippen LogP contribution in [0.2, 0.25) is 5.02 Å². The summed E-state index contributed by atoms with van der Waals surface area (Å²) in [5, 5.41) is 7.19. The Kier molecular flexibility index (Phi) is 4.39. The Hall–Kier alpha value is -2.66. The van der Waals surface area contributed by atoms with Crippen LogP contribution in [0.3, 0.4) is 0 Å². The molecule has 1 aromatic heterocycles. The van der Waals surface area contributed by atoms with Crippen molar-refractivity contribution in [3.63, 3.8) is 0 Å². The molecule has 3 rings (SSSR count). The highest BCUT2D eigenvalue weighted by atomic mass is 35.5. The standard InChI is InChI=1S/C17H14ClFN4/c1-2-9-20-16-12-5-3-4-6-15(12)22-17(23-16)21-11-7-8-14(19)13(18)10-11/h2-8,10H,1,9H2,(H2,20,21,22,23). The number of aromatic nitrogens is 2. The van der Waals surface area contributed by atoms with Gasteiger partial charge in [0.05, 0.1) is 10.5 Å². The zero-order valence-electron chi connectivity index (χ0n) is 12.2. The maximum absolute atomic E-state index is 13.2.